The van der Waals surface area contributed by atoms with Crippen molar-refractivity contribution in [2.45, 2.75) is 83.3 Å². The summed E-state index contributed by atoms with van der Waals surface area (Å²) in [5.41, 5.74) is -7.30. The Hall–Kier alpha value is -3.19. The first-order valence-electron chi connectivity index (χ1n) is 14.8. The van der Waals surface area contributed by atoms with E-state index in [1.807, 2.05) is 0 Å². The lowest BCUT2D eigenvalue weighted by molar-refractivity contribution is -0.145. The summed E-state index contributed by atoms with van der Waals surface area (Å²) in [5, 5.41) is 11.8. The van der Waals surface area contributed by atoms with E-state index in [4.69, 9.17) is 0 Å². The van der Waals surface area contributed by atoms with Crippen molar-refractivity contribution in [3.63, 3.8) is 0 Å². The number of nitrogens with one attached hydrogen (secondary N) is 1. The number of likely N-dealkylation sites (tertiary alicyclic amines) is 2. The first-order chi connectivity index (χ1) is 20.4. The number of H-pyrrole nitrogens is 1. The third kappa shape index (κ3) is 5.92. The van der Waals surface area contributed by atoms with E-state index in [1.165, 1.54) is 12.3 Å². The van der Waals surface area contributed by atoms with Gasteiger partial charge in [-0.15, -0.1) is 0 Å². The van der Waals surface area contributed by atoms with Crippen LogP contribution in [-0.4, -0.2) is 67.5 Å². The van der Waals surface area contributed by atoms with E-state index in [1.54, 1.807) is 6.92 Å². The molecule has 2 aliphatic rings. The summed E-state index contributed by atoms with van der Waals surface area (Å²) in [5.74, 6) is -1.32. The first kappa shape index (κ1) is 32.2. The number of rotatable bonds is 4. The number of nitrogens with zero attached hydrogens (tertiary/aromatic N) is 4. The van der Waals surface area contributed by atoms with Crippen LogP contribution in [-0.2, 0) is 18.0 Å². The van der Waals surface area contributed by atoms with E-state index in [9.17, 15) is 36.2 Å². The van der Waals surface area contributed by atoms with Gasteiger partial charge in [0.25, 0.3) is 5.91 Å². The summed E-state index contributed by atoms with van der Waals surface area (Å²) in [7, 11) is 0. The Labute approximate surface area is 251 Å². The molecule has 2 N–H and O–H groups in total. The van der Waals surface area contributed by atoms with Gasteiger partial charge in [0.2, 0.25) is 0 Å². The number of piperidine rings is 2. The molecule has 240 valence electrons. The van der Waals surface area contributed by atoms with E-state index < -0.39 is 57.5 Å². The van der Waals surface area contributed by atoms with Crippen molar-refractivity contribution < 1.29 is 36.2 Å². The summed E-state index contributed by atoms with van der Waals surface area (Å²) >= 11 is 0. The number of benzene rings is 1. The zero-order valence-electron chi connectivity index (χ0n) is 25.2. The van der Waals surface area contributed by atoms with Gasteiger partial charge in [-0.25, -0.2) is 9.97 Å². The second-order valence-electron chi connectivity index (χ2n) is 12.9. The highest BCUT2D eigenvalue weighted by Crippen LogP contribution is 2.47. The van der Waals surface area contributed by atoms with Crippen molar-refractivity contribution in [2.75, 3.05) is 26.2 Å². The van der Waals surface area contributed by atoms with Gasteiger partial charge in [0, 0.05) is 29.9 Å². The van der Waals surface area contributed by atoms with Gasteiger partial charge in [0.05, 0.1) is 28.5 Å². The number of amides is 1. The number of pyridine rings is 1. The largest absolute Gasteiger partial charge is 0.434 e. The minimum absolute atomic E-state index is 0.0475. The van der Waals surface area contributed by atoms with E-state index in [-0.39, 0.29) is 29.9 Å². The van der Waals surface area contributed by atoms with Gasteiger partial charge in [-0.1, -0.05) is 6.07 Å². The van der Waals surface area contributed by atoms with Crippen LogP contribution in [0.1, 0.15) is 91.6 Å². The Balaban J connectivity index is 1.73. The fraction of sp³-hybridized carbons (Fsp3) is 0.581. The Kier molecular flexibility index (Phi) is 8.28. The van der Waals surface area contributed by atoms with Gasteiger partial charge in [-0.3, -0.25) is 9.69 Å². The number of hydrogen-bond acceptors (Lipinski definition) is 5. The van der Waals surface area contributed by atoms with Crippen LogP contribution in [0.25, 0.3) is 10.9 Å². The summed E-state index contributed by atoms with van der Waals surface area (Å²) in [6.07, 6.45) is -6.54. The number of carbonyl (C=O) groups is 1. The molecule has 1 amide bonds. The van der Waals surface area contributed by atoms with Gasteiger partial charge >= 0.3 is 12.4 Å². The SMILES string of the molecule is Cc1ncc(C(O)(c2ccc3nc(C(F)(F)F)c(C(=O)N4CCCCC4)c(C(F)(F)F)c3c2)C2CCN(C(C)(C)C)CC2)[nH]1. The summed E-state index contributed by atoms with van der Waals surface area (Å²) in [4.78, 5) is 27.6. The normalized spacial score (nSPS) is 19.4. The van der Waals surface area contributed by atoms with Crippen molar-refractivity contribution in [2.24, 2.45) is 5.92 Å². The molecule has 1 unspecified atom stereocenters. The molecule has 3 aromatic rings. The molecule has 13 heteroatoms. The van der Waals surface area contributed by atoms with Gasteiger partial charge < -0.3 is 15.0 Å². The number of aromatic nitrogens is 3. The van der Waals surface area contributed by atoms with Crippen LogP contribution in [0.5, 0.6) is 0 Å². The standard InChI is InChI=1S/C31H37F6N5O2/c1-18-38-17-23(39-18)29(44,19-10-14-42(15-11-19)28(2,3)4)20-8-9-22-21(16-20)25(30(32,33)34)24(26(40-22)31(35,36)37)27(43)41-12-6-5-7-13-41/h8-9,16-17,19,44H,5-7,10-15H2,1-4H3,(H,38,39). The monoisotopic (exact) mass is 625 g/mol. The van der Waals surface area contributed by atoms with Gasteiger partial charge in [0.1, 0.15) is 11.4 Å². The average molecular weight is 626 g/mol. The predicted octanol–water partition coefficient (Wildman–Crippen LogP) is 6.68. The number of aryl methyl sites for hydroxylation is 1. The lowest BCUT2D eigenvalue weighted by Gasteiger charge is -2.45. The Bertz CT molecular complexity index is 1530. The maximum atomic E-state index is 14.9. The number of hydrogen-bond donors (Lipinski definition) is 2. The minimum Gasteiger partial charge on any atom is -0.379 e. The maximum absolute atomic E-state index is 14.9. The topological polar surface area (TPSA) is 85.3 Å². The number of fused-ring (bicyclic) bond motifs is 1. The highest BCUT2D eigenvalue weighted by Gasteiger charge is 2.48. The van der Waals surface area contributed by atoms with Crippen molar-refractivity contribution in [3.8, 4) is 0 Å². The molecule has 0 spiro atoms. The Morgan fingerprint density at radius 2 is 1.59 bits per heavy atom. The third-order valence-electron chi connectivity index (χ3n) is 8.98. The average Bonchev–Trinajstić information content (AvgIpc) is 3.40. The van der Waals surface area contributed by atoms with Crippen LogP contribution in [0.3, 0.4) is 0 Å². The van der Waals surface area contributed by atoms with Crippen LogP contribution >= 0.6 is 0 Å². The molecule has 2 aromatic heterocycles. The molecule has 1 atom stereocenters. The second kappa shape index (κ2) is 11.3. The van der Waals surface area contributed by atoms with E-state index in [0.29, 0.717) is 44.6 Å². The van der Waals surface area contributed by atoms with Crippen LogP contribution in [0.4, 0.5) is 26.3 Å². The van der Waals surface area contributed by atoms with Crippen LogP contribution in [0.2, 0.25) is 0 Å². The zero-order valence-corrected chi connectivity index (χ0v) is 25.2. The van der Waals surface area contributed by atoms with Crippen LogP contribution < -0.4 is 0 Å². The lowest BCUT2D eigenvalue weighted by Crippen LogP contribution is -2.50. The smallest absolute Gasteiger partial charge is 0.379 e. The van der Waals surface area contributed by atoms with Crippen molar-refractivity contribution in [1.29, 1.82) is 0 Å². The molecular formula is C31H37F6N5O2. The van der Waals surface area contributed by atoms with Gasteiger partial charge in [0.15, 0.2) is 5.69 Å². The molecular weight excluding hydrogens is 588 g/mol. The molecule has 2 saturated heterocycles. The van der Waals surface area contributed by atoms with Crippen LogP contribution in [0.15, 0.2) is 24.4 Å². The zero-order chi connectivity index (χ0) is 32.2. The molecule has 44 heavy (non-hydrogen) atoms. The quantitative estimate of drug-likeness (QED) is 0.316. The summed E-state index contributed by atoms with van der Waals surface area (Å²) < 4.78 is 87.5. The number of aliphatic hydroxyl groups is 1. The second-order valence-corrected chi connectivity index (χ2v) is 12.9. The Morgan fingerprint density at radius 3 is 2.11 bits per heavy atom. The number of imidazole rings is 1. The fourth-order valence-electron chi connectivity index (χ4n) is 6.66. The van der Waals surface area contributed by atoms with E-state index >= 15 is 0 Å². The minimum atomic E-state index is -5.33. The molecule has 0 bridgehead atoms. The number of halogens is 6. The lowest BCUT2D eigenvalue weighted by atomic mass is 9.73. The highest BCUT2D eigenvalue weighted by molar-refractivity contribution is 6.02. The highest BCUT2D eigenvalue weighted by atomic mass is 19.4. The first-order valence-corrected chi connectivity index (χ1v) is 14.8. The molecule has 1 aromatic carbocycles. The van der Waals surface area contributed by atoms with Crippen LogP contribution in [0, 0.1) is 12.8 Å². The summed E-state index contributed by atoms with van der Waals surface area (Å²) in [6, 6.07) is 3.42. The molecule has 2 aliphatic heterocycles. The van der Waals surface area contributed by atoms with Crippen molar-refractivity contribution in [3.05, 3.63) is 58.3 Å². The van der Waals surface area contributed by atoms with Crippen molar-refractivity contribution >= 4 is 16.8 Å². The predicted molar refractivity (Wildman–Crippen MR) is 152 cm³/mol. The van der Waals surface area contributed by atoms with Crippen molar-refractivity contribution in [1.82, 2.24) is 24.8 Å². The number of alkyl halides is 6. The number of carbonyl (C=O) groups excluding carboxylic acids is 1. The molecule has 4 heterocycles. The van der Waals surface area contributed by atoms with Gasteiger partial charge in [-0.2, -0.15) is 26.3 Å². The molecule has 7 nitrogen and oxygen atoms in total. The van der Waals surface area contributed by atoms with E-state index in [0.717, 1.165) is 23.5 Å². The molecule has 0 aliphatic carbocycles. The molecule has 0 saturated carbocycles. The number of aromatic amines is 1. The fourth-order valence-corrected chi connectivity index (χ4v) is 6.66. The maximum Gasteiger partial charge on any atom is 0.434 e. The molecule has 2 fully saturated rings. The Morgan fingerprint density at radius 1 is 0.955 bits per heavy atom. The molecule has 0 radical (unpaired) electrons. The molecule has 5 rings (SSSR count). The van der Waals surface area contributed by atoms with E-state index in [2.05, 4.69) is 40.6 Å². The van der Waals surface area contributed by atoms with Gasteiger partial charge in [-0.05, 0) is 90.6 Å². The third-order valence-corrected chi connectivity index (χ3v) is 8.98. The summed E-state index contributed by atoms with van der Waals surface area (Å²) in [6.45, 7) is 9.25.